The Morgan fingerprint density at radius 1 is 1.19 bits per heavy atom. The van der Waals surface area contributed by atoms with Crippen LogP contribution in [0.4, 0.5) is 0 Å². The molecule has 0 bridgehead atoms. The van der Waals surface area contributed by atoms with E-state index in [1.54, 1.807) is 18.2 Å². The van der Waals surface area contributed by atoms with Crippen molar-refractivity contribution in [1.29, 1.82) is 0 Å². The molecule has 1 amide bonds. The molecule has 0 radical (unpaired) electrons. The number of amides is 1. The summed E-state index contributed by atoms with van der Waals surface area (Å²) in [5, 5.41) is 9.51. The van der Waals surface area contributed by atoms with Gasteiger partial charge in [0.15, 0.2) is 0 Å². The van der Waals surface area contributed by atoms with Gasteiger partial charge < -0.3 is 10.0 Å². The number of nitrogens with one attached hydrogen (secondary N) is 1. The van der Waals surface area contributed by atoms with Gasteiger partial charge in [-0.3, -0.25) is 4.79 Å². The van der Waals surface area contributed by atoms with Crippen LogP contribution in [-0.4, -0.2) is 49.4 Å². The van der Waals surface area contributed by atoms with Crippen molar-refractivity contribution in [3.8, 4) is 0 Å². The van der Waals surface area contributed by atoms with Crippen molar-refractivity contribution in [3.05, 3.63) is 35.9 Å². The summed E-state index contributed by atoms with van der Waals surface area (Å²) in [4.78, 5) is 26.0. The van der Waals surface area contributed by atoms with Crippen LogP contribution in [0.1, 0.15) is 37.7 Å². The number of aliphatic carboxylic acids is 1. The van der Waals surface area contributed by atoms with E-state index in [-0.39, 0.29) is 22.8 Å². The van der Waals surface area contributed by atoms with Gasteiger partial charge in [-0.1, -0.05) is 25.0 Å². The number of fused-ring (bicyclic) bond motifs is 1. The second-order valence-corrected chi connectivity index (χ2v) is 8.94. The van der Waals surface area contributed by atoms with Crippen LogP contribution in [0.2, 0.25) is 0 Å². The maximum atomic E-state index is 12.7. The third-order valence-corrected chi connectivity index (χ3v) is 6.94. The maximum absolute atomic E-state index is 12.7. The quantitative estimate of drug-likeness (QED) is 0.745. The number of carboxylic acid groups (broad SMARTS) is 1. The van der Waals surface area contributed by atoms with Gasteiger partial charge >= 0.3 is 5.97 Å². The monoisotopic (exact) mass is 392 g/mol. The zero-order valence-corrected chi connectivity index (χ0v) is 16.0. The molecule has 27 heavy (non-hydrogen) atoms. The Kier molecular flexibility index (Phi) is 5.67. The molecule has 0 aromatic heterocycles. The summed E-state index contributed by atoms with van der Waals surface area (Å²) in [5.41, 5.74) is 0.671. The third-order valence-electron chi connectivity index (χ3n) is 5.51. The fourth-order valence-corrected chi connectivity index (χ4v) is 4.86. The normalized spacial score (nSPS) is 25.5. The fraction of sp³-hybridized carbons (Fsp3) is 0.474. The number of hydrogen-bond donors (Lipinski definition) is 2. The third kappa shape index (κ3) is 4.06. The Bertz CT molecular complexity index is 847. The number of rotatable bonds is 5. The van der Waals surface area contributed by atoms with Crippen molar-refractivity contribution < 1.29 is 23.1 Å². The van der Waals surface area contributed by atoms with E-state index in [1.807, 2.05) is 0 Å². The van der Waals surface area contributed by atoms with E-state index in [1.165, 1.54) is 30.2 Å². The van der Waals surface area contributed by atoms with E-state index in [0.29, 0.717) is 12.0 Å². The van der Waals surface area contributed by atoms with E-state index in [9.17, 15) is 23.1 Å². The molecule has 1 saturated carbocycles. The summed E-state index contributed by atoms with van der Waals surface area (Å²) in [7, 11) is -2.16. The highest BCUT2D eigenvalue weighted by Crippen LogP contribution is 2.40. The van der Waals surface area contributed by atoms with Gasteiger partial charge in [-0.05, 0) is 56.0 Å². The standard InChI is InChI=1S/C19H24N2O5S/c1-20-27(25,26)15-9-6-13(7-10-15)8-11-18(22)21-16-5-3-2-4-14(16)12-17(21)19(23)24/h6-11,14,16-17,20H,2-5,12H2,1H3,(H,23,24). The van der Waals surface area contributed by atoms with Crippen molar-refractivity contribution >= 4 is 28.0 Å². The molecule has 3 unspecified atom stereocenters. The van der Waals surface area contributed by atoms with Gasteiger partial charge in [-0.2, -0.15) is 0 Å². The zero-order chi connectivity index (χ0) is 19.6. The van der Waals surface area contributed by atoms with Gasteiger partial charge in [0, 0.05) is 12.1 Å². The minimum absolute atomic E-state index is 0.000137. The maximum Gasteiger partial charge on any atom is 0.326 e. The molecule has 1 aromatic rings. The minimum Gasteiger partial charge on any atom is -0.480 e. The predicted molar refractivity (Wildman–Crippen MR) is 100 cm³/mol. The smallest absolute Gasteiger partial charge is 0.326 e. The van der Waals surface area contributed by atoms with E-state index in [0.717, 1.165) is 25.7 Å². The van der Waals surface area contributed by atoms with Gasteiger partial charge in [-0.15, -0.1) is 0 Å². The van der Waals surface area contributed by atoms with Crippen LogP contribution in [0.15, 0.2) is 35.2 Å². The molecule has 2 N–H and O–H groups in total. The van der Waals surface area contributed by atoms with Gasteiger partial charge in [0.05, 0.1) is 4.90 Å². The molecule has 1 heterocycles. The molecule has 1 aliphatic carbocycles. The van der Waals surface area contributed by atoms with E-state index < -0.39 is 22.0 Å². The molecule has 0 spiro atoms. The Morgan fingerprint density at radius 2 is 1.85 bits per heavy atom. The van der Waals surface area contributed by atoms with Gasteiger partial charge in [-0.25, -0.2) is 17.9 Å². The van der Waals surface area contributed by atoms with Crippen molar-refractivity contribution in [1.82, 2.24) is 9.62 Å². The Balaban J connectivity index is 1.76. The topological polar surface area (TPSA) is 104 Å². The highest BCUT2D eigenvalue weighted by Gasteiger charge is 2.46. The Hall–Kier alpha value is -2.19. The molecule has 3 atom stereocenters. The minimum atomic E-state index is -3.50. The predicted octanol–water partition coefficient (Wildman–Crippen LogP) is 1.85. The summed E-state index contributed by atoms with van der Waals surface area (Å²) in [6.45, 7) is 0. The van der Waals surface area contributed by atoms with Gasteiger partial charge in [0.1, 0.15) is 6.04 Å². The lowest BCUT2D eigenvalue weighted by Crippen LogP contribution is -2.45. The number of carbonyl (C=O) groups is 2. The Morgan fingerprint density at radius 3 is 2.48 bits per heavy atom. The van der Waals surface area contributed by atoms with Crippen molar-refractivity contribution in [3.63, 3.8) is 0 Å². The lowest BCUT2D eigenvalue weighted by Gasteiger charge is -2.32. The second kappa shape index (κ2) is 7.82. The average Bonchev–Trinajstić information content (AvgIpc) is 3.06. The van der Waals surface area contributed by atoms with Crippen molar-refractivity contribution in [2.75, 3.05) is 7.05 Å². The summed E-state index contributed by atoms with van der Waals surface area (Å²) in [6, 6.07) is 5.37. The van der Waals surface area contributed by atoms with Crippen molar-refractivity contribution in [2.24, 2.45) is 5.92 Å². The molecule has 1 saturated heterocycles. The summed E-state index contributed by atoms with van der Waals surface area (Å²) in [5.74, 6) is -0.986. The highest BCUT2D eigenvalue weighted by atomic mass is 32.2. The fourth-order valence-electron chi connectivity index (χ4n) is 4.13. The molecule has 8 heteroatoms. The van der Waals surface area contributed by atoms with Gasteiger partial charge in [0.25, 0.3) is 0 Å². The molecular weight excluding hydrogens is 368 g/mol. The lowest BCUT2D eigenvalue weighted by molar-refractivity contribution is -0.147. The first-order valence-corrected chi connectivity index (χ1v) is 10.6. The van der Waals surface area contributed by atoms with Crippen LogP contribution in [0.25, 0.3) is 6.08 Å². The summed E-state index contributed by atoms with van der Waals surface area (Å²) in [6.07, 6.45) is 7.43. The number of benzene rings is 1. The second-order valence-electron chi connectivity index (χ2n) is 7.06. The SMILES string of the molecule is CNS(=O)(=O)c1ccc(C=CC(=O)N2C(C(=O)O)CC3CCCCC32)cc1. The number of nitrogens with zero attached hydrogens (tertiary/aromatic N) is 1. The number of likely N-dealkylation sites (tertiary alicyclic amines) is 1. The highest BCUT2D eigenvalue weighted by molar-refractivity contribution is 7.89. The number of hydrogen-bond acceptors (Lipinski definition) is 4. The number of sulfonamides is 1. The van der Waals surface area contributed by atoms with Crippen molar-refractivity contribution in [2.45, 2.75) is 49.1 Å². The first-order valence-electron chi connectivity index (χ1n) is 9.10. The average molecular weight is 392 g/mol. The van der Waals surface area contributed by atoms with E-state index in [2.05, 4.69) is 4.72 Å². The van der Waals surface area contributed by atoms with Crippen LogP contribution in [0, 0.1) is 5.92 Å². The van der Waals surface area contributed by atoms with Crippen LogP contribution < -0.4 is 4.72 Å². The first kappa shape index (κ1) is 19.6. The molecule has 1 aromatic carbocycles. The van der Waals surface area contributed by atoms with Crippen LogP contribution in [0.5, 0.6) is 0 Å². The molecular formula is C19H24N2O5S. The lowest BCUT2D eigenvalue weighted by atomic mass is 9.85. The molecule has 2 aliphatic rings. The molecule has 7 nitrogen and oxygen atoms in total. The summed E-state index contributed by atoms with van der Waals surface area (Å²) < 4.78 is 25.7. The van der Waals surface area contributed by atoms with E-state index in [4.69, 9.17) is 0 Å². The molecule has 1 aliphatic heterocycles. The van der Waals surface area contributed by atoms with Crippen LogP contribution in [-0.2, 0) is 19.6 Å². The largest absolute Gasteiger partial charge is 0.480 e. The van der Waals surface area contributed by atoms with Gasteiger partial charge in [0.2, 0.25) is 15.9 Å². The first-order chi connectivity index (χ1) is 12.8. The van der Waals surface area contributed by atoms with Crippen LogP contribution in [0.3, 0.4) is 0 Å². The summed E-state index contributed by atoms with van der Waals surface area (Å²) >= 11 is 0. The van der Waals surface area contributed by atoms with E-state index >= 15 is 0 Å². The number of carbonyl (C=O) groups excluding carboxylic acids is 1. The number of carboxylic acids is 1. The van der Waals surface area contributed by atoms with Crippen LogP contribution >= 0.6 is 0 Å². The Labute approximate surface area is 159 Å². The molecule has 146 valence electrons. The zero-order valence-electron chi connectivity index (χ0n) is 15.2. The molecule has 3 rings (SSSR count). The molecule has 2 fully saturated rings.